The Hall–Kier alpha value is -1.32. The third-order valence-electron chi connectivity index (χ3n) is 8.95. The Balaban J connectivity index is 1.88. The van der Waals surface area contributed by atoms with E-state index < -0.39 is 40.3 Å². The van der Waals surface area contributed by atoms with Crippen molar-refractivity contribution in [3.05, 3.63) is 35.5 Å². The summed E-state index contributed by atoms with van der Waals surface area (Å²) in [6, 6.07) is 0. The van der Waals surface area contributed by atoms with Crippen LogP contribution >= 0.6 is 0 Å². The molecule has 3 nitrogen and oxygen atoms in total. The predicted octanol–water partition coefficient (Wildman–Crippen LogP) is 6.79. The Kier molecular flexibility index (Phi) is 7.44. The molecule has 3 rings (SSSR count). The zero-order valence-corrected chi connectivity index (χ0v) is 21.4. The maximum atomic E-state index is 14.6. The van der Waals surface area contributed by atoms with Gasteiger partial charge in [-0.3, -0.25) is 0 Å². The molecular weight excluding hydrogens is 486 g/mol. The maximum absolute atomic E-state index is 14.6. The van der Waals surface area contributed by atoms with Crippen molar-refractivity contribution in [3.8, 4) is 0 Å². The van der Waals surface area contributed by atoms with Crippen molar-refractivity contribution in [1.82, 2.24) is 0 Å². The Bertz CT molecular complexity index is 930. The molecule has 9 heteroatoms. The fourth-order valence-electron chi connectivity index (χ4n) is 6.82. The van der Waals surface area contributed by atoms with Crippen LogP contribution in [0.15, 0.2) is 35.5 Å². The summed E-state index contributed by atoms with van der Waals surface area (Å²) < 4.78 is 85.8. The molecule has 0 radical (unpaired) electrons. The van der Waals surface area contributed by atoms with Gasteiger partial charge in [0.2, 0.25) is 0 Å². The Morgan fingerprint density at radius 1 is 1.08 bits per heavy atom. The van der Waals surface area contributed by atoms with Crippen LogP contribution in [0.1, 0.15) is 79.1 Å². The topological polar surface area (TPSA) is 60.7 Å². The average molecular weight is 525 g/mol. The van der Waals surface area contributed by atoms with Crippen molar-refractivity contribution >= 4 is 0 Å². The average Bonchev–Trinajstić information content (AvgIpc) is 3.09. The van der Waals surface area contributed by atoms with Gasteiger partial charge in [-0.2, -0.15) is 26.3 Å². The van der Waals surface area contributed by atoms with Gasteiger partial charge < -0.3 is 15.3 Å². The second-order valence-electron chi connectivity index (χ2n) is 12.0. The van der Waals surface area contributed by atoms with Gasteiger partial charge in [0.1, 0.15) is 0 Å². The molecule has 3 N–H and O–H groups in total. The van der Waals surface area contributed by atoms with Crippen molar-refractivity contribution in [1.29, 1.82) is 0 Å². The summed E-state index contributed by atoms with van der Waals surface area (Å²) >= 11 is 0. The molecule has 3 saturated carbocycles. The van der Waals surface area contributed by atoms with Crippen molar-refractivity contribution in [2.75, 3.05) is 0 Å². The van der Waals surface area contributed by atoms with Gasteiger partial charge in [-0.25, -0.2) is 0 Å². The second kappa shape index (κ2) is 9.16. The molecule has 3 aliphatic rings. The molecule has 36 heavy (non-hydrogen) atoms. The number of rotatable bonds is 6. The maximum Gasteiger partial charge on any atom is 0.373 e. The molecule has 0 aliphatic heterocycles. The van der Waals surface area contributed by atoms with E-state index in [0.29, 0.717) is 30.8 Å². The summed E-state index contributed by atoms with van der Waals surface area (Å²) in [6.07, 6.45) is 8.34. The molecule has 0 heterocycles. The molecule has 0 amide bonds. The fourth-order valence-corrected chi connectivity index (χ4v) is 6.82. The lowest BCUT2D eigenvalue weighted by atomic mass is 9.60. The van der Waals surface area contributed by atoms with Crippen LogP contribution in [-0.2, 0) is 0 Å². The fraction of sp³-hybridized carbons (Fsp3) is 0.778. The highest BCUT2D eigenvalue weighted by Crippen LogP contribution is 2.62. The van der Waals surface area contributed by atoms with Gasteiger partial charge in [0.05, 0.1) is 5.60 Å². The first-order chi connectivity index (χ1) is 16.2. The number of aliphatic hydroxyl groups is 3. The number of halogens is 6. The lowest BCUT2D eigenvalue weighted by Crippen LogP contribution is -2.71. The van der Waals surface area contributed by atoms with E-state index >= 15 is 0 Å². The van der Waals surface area contributed by atoms with E-state index in [1.54, 1.807) is 13.8 Å². The Morgan fingerprint density at radius 2 is 1.69 bits per heavy atom. The number of fused-ring (bicyclic) bond motifs is 1. The number of alkyl halides is 6. The predicted molar refractivity (Wildman–Crippen MR) is 125 cm³/mol. The van der Waals surface area contributed by atoms with Crippen LogP contribution in [0.5, 0.6) is 0 Å². The lowest BCUT2D eigenvalue weighted by Gasteiger charge is -2.46. The first-order valence-corrected chi connectivity index (χ1v) is 12.6. The van der Waals surface area contributed by atoms with Crippen molar-refractivity contribution < 1.29 is 41.7 Å². The molecule has 0 aromatic carbocycles. The molecule has 0 aromatic rings. The number of allylic oxidation sites excluding steroid dienone is 3. The van der Waals surface area contributed by atoms with E-state index in [4.69, 9.17) is 0 Å². The second-order valence-corrected chi connectivity index (χ2v) is 12.0. The van der Waals surface area contributed by atoms with E-state index in [-0.39, 0.29) is 11.3 Å². The first-order valence-electron chi connectivity index (χ1n) is 12.6. The first kappa shape index (κ1) is 29.2. The molecule has 3 aliphatic carbocycles. The lowest BCUT2D eigenvalue weighted by molar-refractivity contribution is -0.401. The molecule has 6 atom stereocenters. The summed E-state index contributed by atoms with van der Waals surface area (Å²) in [5.41, 5.74) is -3.37. The van der Waals surface area contributed by atoms with Gasteiger partial charge in [0.15, 0.2) is 0 Å². The highest BCUT2D eigenvalue weighted by atomic mass is 19.3. The summed E-state index contributed by atoms with van der Waals surface area (Å²) in [5.74, 6) is -20.8. The van der Waals surface area contributed by atoms with Crippen molar-refractivity contribution in [2.24, 2.45) is 23.2 Å². The van der Waals surface area contributed by atoms with Crippen LogP contribution < -0.4 is 0 Å². The van der Waals surface area contributed by atoms with Gasteiger partial charge in [0.25, 0.3) is 0 Å². The minimum Gasteiger partial charge on any atom is -0.390 e. The SMILES string of the molecule is C=C1C(=CC=C2CCC[C@@]3(C)C2CC[C@@H]3[C@H](C)CCCC(C)(C)O)C(F)(F)[C@](O)(F)C(F)(F)[C@@]1(O)F. The molecular formula is C27H38F6O3. The van der Waals surface area contributed by atoms with Crippen LogP contribution in [0.4, 0.5) is 26.3 Å². The smallest absolute Gasteiger partial charge is 0.373 e. The van der Waals surface area contributed by atoms with Crippen LogP contribution in [-0.4, -0.2) is 44.5 Å². The van der Waals surface area contributed by atoms with Gasteiger partial charge in [-0.05, 0) is 75.5 Å². The van der Waals surface area contributed by atoms with Crippen LogP contribution in [0.2, 0.25) is 0 Å². The minimum absolute atomic E-state index is 0.0188. The van der Waals surface area contributed by atoms with Crippen LogP contribution in [0.25, 0.3) is 0 Å². The Labute approximate surface area is 209 Å². The quantitative estimate of drug-likeness (QED) is 0.336. The van der Waals surface area contributed by atoms with Gasteiger partial charge in [-0.1, -0.05) is 51.0 Å². The summed E-state index contributed by atoms with van der Waals surface area (Å²) in [6.45, 7) is 10.7. The summed E-state index contributed by atoms with van der Waals surface area (Å²) in [5, 5.41) is 28.8. The third-order valence-corrected chi connectivity index (χ3v) is 8.95. The Morgan fingerprint density at radius 3 is 2.28 bits per heavy atom. The molecule has 206 valence electrons. The van der Waals surface area contributed by atoms with Gasteiger partial charge >= 0.3 is 23.6 Å². The molecule has 1 unspecified atom stereocenters. The standard InChI is InChI=1S/C27H38F6O3/c1-16(8-6-14-22(3,4)34)19-12-13-21-18(9-7-15-23(19,21)5)10-11-20-17(2)25(30,35)26(31,32)27(33,36)24(20,28)29/h10-11,16,19,21,34-36H,2,6-9,12-15H2,1,3-5H3/t16-,19-,21?,23-,25-,27-/m1/s1. The van der Waals surface area contributed by atoms with E-state index in [1.165, 1.54) is 6.08 Å². The zero-order chi connectivity index (χ0) is 27.5. The molecule has 0 aromatic heterocycles. The monoisotopic (exact) mass is 524 g/mol. The third kappa shape index (κ3) is 4.47. The largest absolute Gasteiger partial charge is 0.390 e. The number of hydrogen-bond acceptors (Lipinski definition) is 3. The zero-order valence-electron chi connectivity index (χ0n) is 21.4. The minimum atomic E-state index is -5.82. The van der Waals surface area contributed by atoms with Crippen LogP contribution in [0.3, 0.4) is 0 Å². The van der Waals surface area contributed by atoms with Crippen molar-refractivity contribution in [2.45, 2.75) is 108 Å². The summed E-state index contributed by atoms with van der Waals surface area (Å²) in [4.78, 5) is 0. The normalized spacial score (nSPS) is 41.5. The highest BCUT2D eigenvalue weighted by molar-refractivity contribution is 5.49. The summed E-state index contributed by atoms with van der Waals surface area (Å²) in [7, 11) is 0. The van der Waals surface area contributed by atoms with Crippen molar-refractivity contribution in [3.63, 3.8) is 0 Å². The number of hydrogen-bond donors (Lipinski definition) is 3. The van der Waals surface area contributed by atoms with Gasteiger partial charge in [-0.15, -0.1) is 0 Å². The van der Waals surface area contributed by atoms with Gasteiger partial charge in [0, 0.05) is 11.1 Å². The molecule has 0 bridgehead atoms. The van der Waals surface area contributed by atoms with E-state index in [0.717, 1.165) is 44.1 Å². The highest BCUT2D eigenvalue weighted by Gasteiger charge is 2.83. The van der Waals surface area contributed by atoms with E-state index in [9.17, 15) is 41.7 Å². The van der Waals surface area contributed by atoms with Crippen LogP contribution in [0, 0.1) is 23.2 Å². The molecule has 3 fully saturated rings. The van der Waals surface area contributed by atoms with E-state index in [1.807, 2.05) is 0 Å². The molecule has 0 saturated heterocycles. The molecule has 0 spiro atoms. The van der Waals surface area contributed by atoms with E-state index in [2.05, 4.69) is 20.4 Å².